The van der Waals surface area contributed by atoms with Crippen LogP contribution in [0.1, 0.15) is 52.4 Å². The molecule has 0 aromatic rings. The number of alkyl halides is 3. The highest BCUT2D eigenvalue weighted by atomic mass is 19.4. The summed E-state index contributed by atoms with van der Waals surface area (Å²) in [6.07, 6.45) is 0.982. The summed E-state index contributed by atoms with van der Waals surface area (Å²) in [6.45, 7) is 9.70. The molecule has 3 heterocycles. The van der Waals surface area contributed by atoms with Crippen LogP contribution in [-0.4, -0.2) is 94.7 Å². The molecule has 3 aliphatic rings. The molecule has 3 saturated heterocycles. The van der Waals surface area contributed by atoms with Crippen LogP contribution >= 0.6 is 0 Å². The van der Waals surface area contributed by atoms with Gasteiger partial charge in [0.1, 0.15) is 0 Å². The summed E-state index contributed by atoms with van der Waals surface area (Å²) in [4.78, 5) is 40.1. The van der Waals surface area contributed by atoms with Crippen LogP contribution in [0.5, 0.6) is 0 Å². The van der Waals surface area contributed by atoms with Crippen molar-refractivity contribution in [3.8, 4) is 0 Å². The highest BCUT2D eigenvalue weighted by Crippen LogP contribution is 2.39. The van der Waals surface area contributed by atoms with E-state index >= 15 is 0 Å². The molecule has 1 spiro atoms. The van der Waals surface area contributed by atoms with Crippen LogP contribution in [0.15, 0.2) is 0 Å². The molecule has 0 bridgehead atoms. The normalized spacial score (nSPS) is 21.4. The Morgan fingerprint density at radius 2 is 1.61 bits per heavy atom. The second-order valence-electron chi connectivity index (χ2n) is 8.71. The van der Waals surface area contributed by atoms with E-state index in [9.17, 15) is 22.8 Å². The minimum atomic E-state index is -5.08. The lowest BCUT2D eigenvalue weighted by Gasteiger charge is -2.45. The van der Waals surface area contributed by atoms with E-state index in [1.165, 1.54) is 25.9 Å². The first-order valence-corrected chi connectivity index (χ1v) is 10.8. The fourth-order valence-corrected chi connectivity index (χ4v) is 4.47. The molecule has 0 aliphatic carbocycles. The van der Waals surface area contributed by atoms with Crippen molar-refractivity contribution in [1.29, 1.82) is 0 Å². The molecule has 31 heavy (non-hydrogen) atoms. The van der Waals surface area contributed by atoms with Gasteiger partial charge in [-0.25, -0.2) is 9.59 Å². The number of carboxylic acid groups (broad SMARTS) is 1. The number of carbonyl (C=O) groups excluding carboxylic acids is 2. The fraction of sp³-hybridized carbons (Fsp3) is 0.850. The van der Waals surface area contributed by atoms with E-state index < -0.39 is 12.1 Å². The maximum atomic E-state index is 12.4. The van der Waals surface area contributed by atoms with Crippen LogP contribution in [0.2, 0.25) is 0 Å². The lowest BCUT2D eigenvalue weighted by atomic mass is 9.85. The van der Waals surface area contributed by atoms with E-state index in [1.807, 2.05) is 18.7 Å². The molecule has 0 unspecified atom stereocenters. The topological polar surface area (TPSA) is 93.2 Å². The zero-order chi connectivity index (χ0) is 23.2. The van der Waals surface area contributed by atoms with Gasteiger partial charge in [-0.15, -0.1) is 0 Å². The molecular formula is C20H33F3N4O4. The summed E-state index contributed by atoms with van der Waals surface area (Å²) < 4.78 is 31.7. The molecule has 3 fully saturated rings. The van der Waals surface area contributed by atoms with Crippen molar-refractivity contribution in [1.82, 2.24) is 20.0 Å². The van der Waals surface area contributed by atoms with E-state index in [4.69, 9.17) is 9.90 Å². The maximum Gasteiger partial charge on any atom is 0.490 e. The number of hydrogen-bond acceptors (Lipinski definition) is 4. The largest absolute Gasteiger partial charge is 0.490 e. The first kappa shape index (κ1) is 25.2. The third kappa shape index (κ3) is 6.98. The zero-order valence-corrected chi connectivity index (χ0v) is 18.2. The molecule has 8 nitrogen and oxygen atoms in total. The van der Waals surface area contributed by atoms with Gasteiger partial charge in [0.2, 0.25) is 5.91 Å². The van der Waals surface area contributed by atoms with Crippen LogP contribution in [0, 0.1) is 0 Å². The minimum Gasteiger partial charge on any atom is -0.475 e. The molecule has 0 radical (unpaired) electrons. The number of carbonyl (C=O) groups is 3. The van der Waals surface area contributed by atoms with Gasteiger partial charge in [0.15, 0.2) is 0 Å². The van der Waals surface area contributed by atoms with Crippen molar-refractivity contribution < 1.29 is 32.7 Å². The summed E-state index contributed by atoms with van der Waals surface area (Å²) in [5.41, 5.74) is 0.00538. The molecule has 0 aromatic heterocycles. The lowest BCUT2D eigenvalue weighted by molar-refractivity contribution is -0.192. The van der Waals surface area contributed by atoms with Crippen molar-refractivity contribution in [2.24, 2.45) is 0 Å². The average Bonchev–Trinajstić information content (AvgIpc) is 3.29. The summed E-state index contributed by atoms with van der Waals surface area (Å²) in [5, 5.41) is 10.1. The van der Waals surface area contributed by atoms with Gasteiger partial charge in [-0.2, -0.15) is 13.2 Å². The SMILES string of the molecule is CC(C)NC(=O)N1CCC2(CCC(=O)N2CCN2CCCC2)CC1.O=C(O)C(F)(F)F. The Hall–Kier alpha value is -2.04. The quantitative estimate of drug-likeness (QED) is 0.686. The molecule has 0 saturated carbocycles. The van der Waals surface area contributed by atoms with Gasteiger partial charge in [-0.05, 0) is 59.0 Å². The zero-order valence-electron chi connectivity index (χ0n) is 18.2. The highest BCUT2D eigenvalue weighted by molar-refractivity contribution is 5.80. The molecule has 2 N–H and O–H groups in total. The minimum absolute atomic E-state index is 0.00538. The predicted molar refractivity (Wildman–Crippen MR) is 108 cm³/mol. The summed E-state index contributed by atoms with van der Waals surface area (Å²) in [6, 6.07) is 0.200. The number of piperidine rings is 1. The molecule has 0 aromatic carbocycles. The number of likely N-dealkylation sites (tertiary alicyclic amines) is 3. The molecule has 178 valence electrons. The van der Waals surface area contributed by atoms with E-state index in [1.54, 1.807) is 0 Å². The summed E-state index contributed by atoms with van der Waals surface area (Å²) >= 11 is 0. The molecule has 3 rings (SSSR count). The first-order chi connectivity index (χ1) is 14.4. The van der Waals surface area contributed by atoms with Crippen LogP contribution in [0.4, 0.5) is 18.0 Å². The molecule has 0 atom stereocenters. The van der Waals surface area contributed by atoms with Crippen LogP contribution < -0.4 is 5.32 Å². The van der Waals surface area contributed by atoms with Gasteiger partial charge in [-0.1, -0.05) is 0 Å². The maximum absolute atomic E-state index is 12.4. The summed E-state index contributed by atoms with van der Waals surface area (Å²) in [7, 11) is 0. The lowest BCUT2D eigenvalue weighted by Crippen LogP contribution is -2.57. The van der Waals surface area contributed by atoms with Crippen LogP contribution in [0.25, 0.3) is 0 Å². The monoisotopic (exact) mass is 450 g/mol. The molecule has 3 aliphatic heterocycles. The van der Waals surface area contributed by atoms with Gasteiger partial charge in [-0.3, -0.25) is 4.79 Å². The van der Waals surface area contributed by atoms with Crippen LogP contribution in [-0.2, 0) is 9.59 Å². The Kier molecular flexibility index (Phi) is 8.56. The van der Waals surface area contributed by atoms with E-state index in [0.29, 0.717) is 12.3 Å². The van der Waals surface area contributed by atoms with Crippen molar-refractivity contribution in [2.45, 2.75) is 70.1 Å². The van der Waals surface area contributed by atoms with Crippen molar-refractivity contribution in [3.63, 3.8) is 0 Å². The molecule has 3 amide bonds. The standard InChI is InChI=1S/C18H32N4O2.C2HF3O2/c1-15(2)19-17(24)21-11-7-18(8-12-21)6-5-16(23)22(18)14-13-20-9-3-4-10-20;3-2(4,5)1(6)7/h15H,3-14H2,1-2H3,(H,19,24);(H,6,7). The average molecular weight is 451 g/mol. The number of halogens is 3. The number of carboxylic acids is 1. The smallest absolute Gasteiger partial charge is 0.475 e. The van der Waals surface area contributed by atoms with Crippen molar-refractivity contribution in [2.75, 3.05) is 39.3 Å². The van der Waals surface area contributed by atoms with E-state index in [2.05, 4.69) is 15.1 Å². The summed E-state index contributed by atoms with van der Waals surface area (Å²) in [5.74, 6) is -2.44. The number of rotatable bonds is 4. The molecular weight excluding hydrogens is 417 g/mol. The molecule has 11 heteroatoms. The highest BCUT2D eigenvalue weighted by Gasteiger charge is 2.47. The van der Waals surface area contributed by atoms with Gasteiger partial charge in [0.05, 0.1) is 0 Å². The van der Waals surface area contributed by atoms with Crippen molar-refractivity contribution >= 4 is 17.9 Å². The Morgan fingerprint density at radius 1 is 1.06 bits per heavy atom. The Morgan fingerprint density at radius 3 is 2.10 bits per heavy atom. The Labute approximate surface area is 180 Å². The predicted octanol–water partition coefficient (Wildman–Crippen LogP) is 2.29. The number of aliphatic carboxylic acids is 1. The van der Waals surface area contributed by atoms with Gasteiger partial charge in [0, 0.05) is 44.2 Å². The fourth-order valence-electron chi connectivity index (χ4n) is 4.47. The van der Waals surface area contributed by atoms with Crippen molar-refractivity contribution in [3.05, 3.63) is 0 Å². The third-order valence-electron chi connectivity index (χ3n) is 6.15. The van der Waals surface area contributed by atoms with E-state index in [-0.39, 0.29) is 17.6 Å². The first-order valence-electron chi connectivity index (χ1n) is 10.8. The van der Waals surface area contributed by atoms with E-state index in [0.717, 1.165) is 45.4 Å². The number of nitrogens with zero attached hydrogens (tertiary/aromatic N) is 3. The number of urea groups is 1. The third-order valence-corrected chi connectivity index (χ3v) is 6.15. The Balaban J connectivity index is 0.000000423. The second kappa shape index (κ2) is 10.5. The van der Waals surface area contributed by atoms with Crippen LogP contribution in [0.3, 0.4) is 0 Å². The number of amides is 3. The second-order valence-corrected chi connectivity index (χ2v) is 8.71. The van der Waals surface area contributed by atoms with Gasteiger partial charge in [0.25, 0.3) is 0 Å². The van der Waals surface area contributed by atoms with Gasteiger partial charge >= 0.3 is 18.2 Å². The Bertz CT molecular complexity index is 643. The number of nitrogens with one attached hydrogen (secondary N) is 1. The van der Waals surface area contributed by atoms with Gasteiger partial charge < -0.3 is 25.1 Å². The number of hydrogen-bond donors (Lipinski definition) is 2.